The quantitative estimate of drug-likeness (QED) is 0.926. The van der Waals surface area contributed by atoms with Crippen molar-refractivity contribution in [3.05, 3.63) is 46.2 Å². The summed E-state index contributed by atoms with van der Waals surface area (Å²) in [6.07, 6.45) is 3.20. The van der Waals surface area contributed by atoms with E-state index in [4.69, 9.17) is 17.3 Å². The minimum Gasteiger partial charge on any atom is -0.325 e. The fourth-order valence-electron chi connectivity index (χ4n) is 2.44. The molecule has 0 bridgehead atoms. The first-order valence-electron chi connectivity index (χ1n) is 6.13. The van der Waals surface area contributed by atoms with Crippen molar-refractivity contribution >= 4 is 24.0 Å². The molecule has 1 aliphatic carbocycles. The van der Waals surface area contributed by atoms with Crippen LogP contribution in [-0.4, -0.2) is 9.97 Å². The van der Waals surface area contributed by atoms with Crippen LogP contribution in [0.4, 0.5) is 0 Å². The van der Waals surface area contributed by atoms with Gasteiger partial charge in [-0.15, -0.1) is 12.4 Å². The summed E-state index contributed by atoms with van der Waals surface area (Å²) < 4.78 is 0. The number of rotatable bonds is 2. The Bertz CT molecular complexity index is 599. The Morgan fingerprint density at radius 3 is 2.68 bits per heavy atom. The predicted octanol–water partition coefficient (Wildman–Crippen LogP) is 3.17. The van der Waals surface area contributed by atoms with Crippen molar-refractivity contribution in [3.63, 3.8) is 0 Å². The first kappa shape index (κ1) is 14.3. The monoisotopic (exact) mass is 295 g/mol. The molecule has 0 saturated carbocycles. The van der Waals surface area contributed by atoms with Crippen LogP contribution in [-0.2, 0) is 19.4 Å². The smallest absolute Gasteiger partial charge is 0.161 e. The van der Waals surface area contributed by atoms with E-state index in [0.29, 0.717) is 17.4 Å². The van der Waals surface area contributed by atoms with Crippen molar-refractivity contribution < 1.29 is 0 Å². The lowest BCUT2D eigenvalue weighted by Gasteiger charge is -2.09. The summed E-state index contributed by atoms with van der Waals surface area (Å²) in [5.74, 6) is 0.696. The molecule has 0 aliphatic heterocycles. The first-order valence-corrected chi connectivity index (χ1v) is 6.51. The number of fused-ring (bicyclic) bond motifs is 1. The lowest BCUT2D eigenvalue weighted by Crippen LogP contribution is -2.08. The van der Waals surface area contributed by atoms with E-state index in [1.807, 2.05) is 24.3 Å². The van der Waals surface area contributed by atoms with Gasteiger partial charge in [0, 0.05) is 17.8 Å². The Labute approximate surface area is 123 Å². The summed E-state index contributed by atoms with van der Waals surface area (Å²) in [6.45, 7) is 0.461. The number of hydrogen-bond acceptors (Lipinski definition) is 3. The second kappa shape index (κ2) is 5.87. The molecule has 1 aromatic carbocycles. The van der Waals surface area contributed by atoms with Gasteiger partial charge in [0.1, 0.15) is 0 Å². The second-order valence-electron chi connectivity index (χ2n) is 4.46. The van der Waals surface area contributed by atoms with Crippen molar-refractivity contribution in [2.45, 2.75) is 25.8 Å². The van der Waals surface area contributed by atoms with Crippen LogP contribution in [0, 0.1) is 0 Å². The van der Waals surface area contributed by atoms with E-state index in [-0.39, 0.29) is 12.4 Å². The highest BCUT2D eigenvalue weighted by Gasteiger charge is 2.19. The highest BCUT2D eigenvalue weighted by atomic mass is 35.5. The van der Waals surface area contributed by atoms with Gasteiger partial charge in [-0.3, -0.25) is 0 Å². The van der Waals surface area contributed by atoms with Gasteiger partial charge in [0.25, 0.3) is 0 Å². The summed E-state index contributed by atoms with van der Waals surface area (Å²) in [5, 5.41) is 0.679. The minimum atomic E-state index is 0. The molecule has 0 radical (unpaired) electrons. The molecule has 3 nitrogen and oxygen atoms in total. The number of halogens is 2. The lowest BCUT2D eigenvalue weighted by molar-refractivity contribution is 0.892. The molecule has 0 atom stereocenters. The number of hydrogen-bond donors (Lipinski definition) is 1. The topological polar surface area (TPSA) is 51.8 Å². The third-order valence-corrected chi connectivity index (χ3v) is 3.66. The molecule has 2 N–H and O–H groups in total. The third kappa shape index (κ3) is 2.59. The van der Waals surface area contributed by atoms with Crippen LogP contribution in [0.25, 0.3) is 11.4 Å². The zero-order valence-electron chi connectivity index (χ0n) is 10.4. The largest absolute Gasteiger partial charge is 0.325 e. The average Bonchev–Trinajstić information content (AvgIpc) is 2.86. The second-order valence-corrected chi connectivity index (χ2v) is 4.86. The van der Waals surface area contributed by atoms with Crippen LogP contribution in [0.1, 0.15) is 23.4 Å². The molecule has 5 heteroatoms. The summed E-state index contributed by atoms with van der Waals surface area (Å²) >= 11 is 6.19. The van der Waals surface area contributed by atoms with E-state index >= 15 is 0 Å². The van der Waals surface area contributed by atoms with Crippen LogP contribution < -0.4 is 5.73 Å². The Morgan fingerprint density at radius 2 is 1.95 bits per heavy atom. The van der Waals surface area contributed by atoms with Crippen LogP contribution in [0.2, 0.25) is 5.02 Å². The van der Waals surface area contributed by atoms with Crippen molar-refractivity contribution in [2.75, 3.05) is 0 Å². The van der Waals surface area contributed by atoms with E-state index < -0.39 is 0 Å². The van der Waals surface area contributed by atoms with Crippen LogP contribution in [0.15, 0.2) is 24.3 Å². The van der Waals surface area contributed by atoms with Crippen LogP contribution in [0.3, 0.4) is 0 Å². The Balaban J connectivity index is 0.00000133. The summed E-state index contributed by atoms with van der Waals surface area (Å²) in [7, 11) is 0. The highest BCUT2D eigenvalue weighted by Crippen LogP contribution is 2.29. The molecule has 1 aliphatic rings. The maximum atomic E-state index is 6.19. The van der Waals surface area contributed by atoms with Gasteiger partial charge >= 0.3 is 0 Å². The Hall–Kier alpha value is -1.16. The summed E-state index contributed by atoms with van der Waals surface area (Å²) in [4.78, 5) is 9.22. The van der Waals surface area contributed by atoms with Crippen molar-refractivity contribution in [1.29, 1.82) is 0 Å². The van der Waals surface area contributed by atoms with Gasteiger partial charge in [-0.1, -0.05) is 23.7 Å². The maximum Gasteiger partial charge on any atom is 0.161 e. The van der Waals surface area contributed by atoms with Gasteiger partial charge in [-0.2, -0.15) is 0 Å². The van der Waals surface area contributed by atoms with E-state index in [1.165, 1.54) is 5.56 Å². The van der Waals surface area contributed by atoms with Gasteiger partial charge in [-0.05, 0) is 37.0 Å². The molecule has 3 rings (SSSR count). The van der Waals surface area contributed by atoms with E-state index in [9.17, 15) is 0 Å². The molecular formula is C14H15Cl2N3. The molecule has 0 saturated heterocycles. The number of aromatic nitrogens is 2. The van der Waals surface area contributed by atoms with E-state index in [0.717, 1.165) is 36.2 Å². The minimum absolute atomic E-state index is 0. The summed E-state index contributed by atoms with van der Waals surface area (Å²) in [5.41, 5.74) is 10.0. The molecule has 1 aromatic heterocycles. The Kier molecular flexibility index (Phi) is 4.40. The molecule has 19 heavy (non-hydrogen) atoms. The first-order chi connectivity index (χ1) is 8.79. The van der Waals surface area contributed by atoms with Gasteiger partial charge in [0.15, 0.2) is 5.82 Å². The van der Waals surface area contributed by atoms with Gasteiger partial charge in [-0.25, -0.2) is 9.97 Å². The fraction of sp³-hybridized carbons (Fsp3) is 0.286. The molecular weight excluding hydrogens is 281 g/mol. The summed E-state index contributed by atoms with van der Waals surface area (Å²) in [6, 6.07) is 7.65. The van der Waals surface area contributed by atoms with Crippen molar-refractivity contribution in [3.8, 4) is 11.4 Å². The SMILES string of the molecule is Cl.NCc1nc(-c2ccccc2Cl)nc2c1CCC2. The third-order valence-electron chi connectivity index (χ3n) is 3.33. The lowest BCUT2D eigenvalue weighted by atomic mass is 10.1. The van der Waals surface area contributed by atoms with Gasteiger partial charge in [0.2, 0.25) is 0 Å². The maximum absolute atomic E-state index is 6.19. The molecule has 0 amide bonds. The number of benzene rings is 1. The van der Waals surface area contributed by atoms with Crippen molar-refractivity contribution in [2.24, 2.45) is 5.73 Å². The molecule has 0 spiro atoms. The number of nitrogens with zero attached hydrogens (tertiary/aromatic N) is 2. The van der Waals surface area contributed by atoms with Gasteiger partial charge in [0.05, 0.1) is 10.7 Å². The Morgan fingerprint density at radius 1 is 1.16 bits per heavy atom. The predicted molar refractivity (Wildman–Crippen MR) is 79.6 cm³/mol. The van der Waals surface area contributed by atoms with Crippen LogP contribution >= 0.6 is 24.0 Å². The zero-order chi connectivity index (χ0) is 12.5. The van der Waals surface area contributed by atoms with Gasteiger partial charge < -0.3 is 5.73 Å². The molecule has 2 aromatic rings. The van der Waals surface area contributed by atoms with Crippen LogP contribution in [0.5, 0.6) is 0 Å². The molecule has 0 unspecified atom stereocenters. The fourth-order valence-corrected chi connectivity index (χ4v) is 2.66. The van der Waals surface area contributed by atoms with Crippen molar-refractivity contribution in [1.82, 2.24) is 9.97 Å². The zero-order valence-corrected chi connectivity index (χ0v) is 12.0. The molecule has 1 heterocycles. The highest BCUT2D eigenvalue weighted by molar-refractivity contribution is 6.33. The molecule has 100 valence electrons. The normalized spacial score (nSPS) is 12.9. The van der Waals surface area contributed by atoms with E-state index in [1.54, 1.807) is 0 Å². The average molecular weight is 296 g/mol. The van der Waals surface area contributed by atoms with E-state index in [2.05, 4.69) is 9.97 Å². The standard InChI is InChI=1S/C14H14ClN3.ClH/c15-11-6-2-1-4-9(11)14-17-12-7-3-5-10(12)13(8-16)18-14;/h1-2,4,6H,3,5,7-8,16H2;1H. The number of aryl methyl sites for hydroxylation is 1. The molecule has 0 fully saturated rings. The number of nitrogens with two attached hydrogens (primary N) is 1.